The normalized spacial score (nSPS) is 20.1. The molecule has 1 aliphatic rings. The van der Waals surface area contributed by atoms with E-state index in [1.807, 2.05) is 14.0 Å². The minimum Gasteiger partial charge on any atom is -0.388 e. The number of allylic oxidation sites excluding steroid dienone is 5. The van der Waals surface area contributed by atoms with Crippen molar-refractivity contribution in [3.05, 3.63) is 89.2 Å². The molecule has 2 rings (SSSR count). The van der Waals surface area contributed by atoms with Crippen molar-refractivity contribution >= 4 is 5.70 Å². The average molecular weight is 377 g/mol. The van der Waals surface area contributed by atoms with Gasteiger partial charge < -0.3 is 10.6 Å². The molecule has 0 bridgehead atoms. The Morgan fingerprint density at radius 3 is 2.36 bits per heavy atom. The summed E-state index contributed by atoms with van der Waals surface area (Å²) >= 11 is 0. The lowest BCUT2D eigenvalue weighted by atomic mass is 9.83. The fraction of sp³-hybridized carbons (Fsp3) is 0.385. The Balaban J connectivity index is 2.25. The summed E-state index contributed by atoms with van der Waals surface area (Å²) in [5.41, 5.74) is 10.0. The highest BCUT2D eigenvalue weighted by atomic mass is 14.9. The molecule has 0 aliphatic heterocycles. The molecule has 150 valence electrons. The van der Waals surface area contributed by atoms with Crippen molar-refractivity contribution in [3.8, 4) is 0 Å². The van der Waals surface area contributed by atoms with E-state index in [1.165, 1.54) is 33.4 Å². The van der Waals surface area contributed by atoms with Gasteiger partial charge in [0.15, 0.2) is 0 Å². The molecular formula is C26H36N2. The first-order valence-corrected chi connectivity index (χ1v) is 10.2. The maximum Gasteiger partial charge on any atom is 0.0368 e. The maximum atomic E-state index is 4.50. The summed E-state index contributed by atoms with van der Waals surface area (Å²) < 4.78 is 0. The minimum absolute atomic E-state index is 0.242. The van der Waals surface area contributed by atoms with Crippen LogP contribution in [0.5, 0.6) is 0 Å². The Kier molecular flexibility index (Phi) is 7.51. The largest absolute Gasteiger partial charge is 0.388 e. The molecule has 1 fully saturated rings. The molecular weight excluding hydrogens is 340 g/mol. The van der Waals surface area contributed by atoms with Gasteiger partial charge in [0.25, 0.3) is 0 Å². The topological polar surface area (TPSA) is 24.1 Å². The Bertz CT molecular complexity index is 800. The van der Waals surface area contributed by atoms with Gasteiger partial charge in [-0.1, -0.05) is 49.1 Å². The summed E-state index contributed by atoms with van der Waals surface area (Å²) in [6, 6.07) is 4.55. The van der Waals surface area contributed by atoms with Crippen LogP contribution in [-0.4, -0.2) is 13.6 Å². The van der Waals surface area contributed by atoms with Gasteiger partial charge in [0.2, 0.25) is 0 Å². The van der Waals surface area contributed by atoms with Gasteiger partial charge in [0, 0.05) is 30.9 Å². The van der Waals surface area contributed by atoms with E-state index in [0.717, 1.165) is 30.8 Å². The lowest BCUT2D eigenvalue weighted by Gasteiger charge is -2.22. The lowest BCUT2D eigenvalue weighted by Crippen LogP contribution is -2.15. The van der Waals surface area contributed by atoms with Crippen LogP contribution in [0.25, 0.3) is 5.70 Å². The highest BCUT2D eigenvalue weighted by molar-refractivity contribution is 5.66. The lowest BCUT2D eigenvalue weighted by molar-refractivity contribution is 0.618. The van der Waals surface area contributed by atoms with Crippen LogP contribution in [0.1, 0.15) is 54.9 Å². The van der Waals surface area contributed by atoms with Crippen molar-refractivity contribution in [2.75, 3.05) is 13.6 Å². The van der Waals surface area contributed by atoms with Gasteiger partial charge in [-0.2, -0.15) is 0 Å². The van der Waals surface area contributed by atoms with Crippen LogP contribution in [0.15, 0.2) is 66.9 Å². The van der Waals surface area contributed by atoms with E-state index >= 15 is 0 Å². The van der Waals surface area contributed by atoms with Crippen LogP contribution >= 0.6 is 0 Å². The van der Waals surface area contributed by atoms with Gasteiger partial charge in [-0.25, -0.2) is 0 Å². The van der Waals surface area contributed by atoms with Crippen LogP contribution in [-0.2, 0) is 0 Å². The van der Waals surface area contributed by atoms with Crippen molar-refractivity contribution in [1.29, 1.82) is 0 Å². The first-order chi connectivity index (χ1) is 13.3. The third kappa shape index (κ3) is 4.67. The maximum absolute atomic E-state index is 4.50. The van der Waals surface area contributed by atoms with Gasteiger partial charge in [-0.3, -0.25) is 0 Å². The fourth-order valence-electron chi connectivity index (χ4n) is 4.39. The zero-order valence-corrected chi connectivity index (χ0v) is 18.3. The molecule has 0 heterocycles. The summed E-state index contributed by atoms with van der Waals surface area (Å²) in [7, 11) is 1.97. The van der Waals surface area contributed by atoms with Crippen molar-refractivity contribution < 1.29 is 0 Å². The molecule has 28 heavy (non-hydrogen) atoms. The summed E-state index contributed by atoms with van der Waals surface area (Å²) in [6.45, 7) is 22.5. The van der Waals surface area contributed by atoms with E-state index in [-0.39, 0.29) is 5.92 Å². The van der Waals surface area contributed by atoms with Crippen LogP contribution < -0.4 is 10.6 Å². The van der Waals surface area contributed by atoms with E-state index < -0.39 is 0 Å². The Labute approximate surface area is 171 Å². The molecule has 0 spiro atoms. The van der Waals surface area contributed by atoms with Gasteiger partial charge >= 0.3 is 0 Å². The molecule has 1 aromatic carbocycles. The van der Waals surface area contributed by atoms with Gasteiger partial charge in [-0.15, -0.1) is 0 Å². The minimum atomic E-state index is 0.242. The van der Waals surface area contributed by atoms with Gasteiger partial charge in [-0.05, 0) is 80.8 Å². The number of benzene rings is 1. The third-order valence-electron chi connectivity index (χ3n) is 5.76. The highest BCUT2D eigenvalue weighted by Gasteiger charge is 2.34. The Morgan fingerprint density at radius 2 is 1.82 bits per heavy atom. The van der Waals surface area contributed by atoms with E-state index in [2.05, 4.69) is 81.5 Å². The predicted molar refractivity (Wildman–Crippen MR) is 124 cm³/mol. The molecule has 1 aliphatic carbocycles. The van der Waals surface area contributed by atoms with Gasteiger partial charge in [0.1, 0.15) is 0 Å². The number of hydrogen-bond acceptors (Lipinski definition) is 2. The molecule has 2 atom stereocenters. The first kappa shape index (κ1) is 21.8. The second-order valence-electron chi connectivity index (χ2n) is 7.80. The summed E-state index contributed by atoms with van der Waals surface area (Å²) in [4.78, 5) is 0. The molecule has 2 unspecified atom stereocenters. The van der Waals surface area contributed by atoms with Crippen LogP contribution in [0, 0.1) is 19.8 Å². The van der Waals surface area contributed by atoms with E-state index in [0.29, 0.717) is 5.92 Å². The quantitative estimate of drug-likeness (QED) is 0.530. The van der Waals surface area contributed by atoms with Crippen molar-refractivity contribution in [2.45, 2.75) is 46.5 Å². The number of rotatable bonds is 8. The van der Waals surface area contributed by atoms with Gasteiger partial charge in [0.05, 0.1) is 0 Å². The molecule has 2 nitrogen and oxygen atoms in total. The van der Waals surface area contributed by atoms with E-state index in [4.69, 9.17) is 0 Å². The summed E-state index contributed by atoms with van der Waals surface area (Å²) in [5.74, 6) is 0.649. The van der Waals surface area contributed by atoms with Crippen molar-refractivity contribution in [1.82, 2.24) is 10.6 Å². The van der Waals surface area contributed by atoms with Crippen molar-refractivity contribution in [3.63, 3.8) is 0 Å². The molecule has 0 saturated heterocycles. The Morgan fingerprint density at radius 1 is 1.18 bits per heavy atom. The molecule has 0 aromatic heterocycles. The molecule has 2 heteroatoms. The third-order valence-corrected chi connectivity index (χ3v) is 5.76. The van der Waals surface area contributed by atoms with Crippen LogP contribution in [0.2, 0.25) is 0 Å². The van der Waals surface area contributed by atoms with E-state index in [9.17, 15) is 0 Å². The van der Waals surface area contributed by atoms with E-state index in [1.54, 1.807) is 0 Å². The zero-order chi connectivity index (χ0) is 20.8. The number of nitrogens with one attached hydrogen (secondary N) is 2. The van der Waals surface area contributed by atoms with Crippen LogP contribution in [0.4, 0.5) is 0 Å². The summed E-state index contributed by atoms with van der Waals surface area (Å²) in [6.07, 6.45) is 8.18. The molecule has 1 aromatic rings. The molecule has 2 N–H and O–H groups in total. The van der Waals surface area contributed by atoms with Crippen LogP contribution in [0.3, 0.4) is 0 Å². The molecule has 0 radical (unpaired) electrons. The fourth-order valence-corrected chi connectivity index (χ4v) is 4.39. The second-order valence-corrected chi connectivity index (χ2v) is 7.80. The highest BCUT2D eigenvalue weighted by Crippen LogP contribution is 2.49. The summed E-state index contributed by atoms with van der Waals surface area (Å²) in [5, 5.41) is 6.67. The number of hydrogen-bond donors (Lipinski definition) is 2. The SMILES string of the molecule is C=C(CC1CC(=C)C(c2c(C)cc(/C(=C/C)NC)cc2C)C1=C)NC/C=C/C. The molecule has 0 amide bonds. The smallest absolute Gasteiger partial charge is 0.0368 e. The second kappa shape index (κ2) is 9.64. The molecule has 1 saturated carbocycles. The zero-order valence-electron chi connectivity index (χ0n) is 18.3. The average Bonchev–Trinajstić information content (AvgIpc) is 2.90. The monoisotopic (exact) mass is 376 g/mol. The number of aryl methyl sites for hydroxylation is 2. The predicted octanol–water partition coefficient (Wildman–Crippen LogP) is 6.17. The standard InChI is InChI=1S/C26H36N2/c1-9-11-12-28-20(6)16-22-13-19(5)26(21(22)7)25-17(3)14-23(15-18(25)4)24(10-2)27-8/h9-11,14-15,22,26-28H,5-7,12-13,16H2,1-4,8H3/b11-9+,24-10-. The Hall–Kier alpha value is -2.48. The van der Waals surface area contributed by atoms with Crippen molar-refractivity contribution in [2.24, 2.45) is 5.92 Å². The first-order valence-electron chi connectivity index (χ1n) is 10.2.